The van der Waals surface area contributed by atoms with Crippen LogP contribution in [0.15, 0.2) is 47.6 Å². The second-order valence-corrected chi connectivity index (χ2v) is 7.16. The van der Waals surface area contributed by atoms with Crippen LogP contribution in [-0.4, -0.2) is 32.2 Å². The highest BCUT2D eigenvalue weighted by Gasteiger charge is 2.20. The van der Waals surface area contributed by atoms with Crippen LogP contribution in [0.2, 0.25) is 5.02 Å². The van der Waals surface area contributed by atoms with Gasteiger partial charge in [-0.1, -0.05) is 42.4 Å². The number of H-pyrrole nitrogens is 1. The number of aromatic nitrogens is 2. The van der Waals surface area contributed by atoms with Gasteiger partial charge in [0.1, 0.15) is 0 Å². The minimum Gasteiger partial charge on any atom is -0.478 e. The standard InChI is InChI=1S/C18H16ClN3O3S/c1-2-15(26-18-21-13-5-3-4-6-14(13)22-18)16(23)20-10-7-8-12(19)11(9-10)17(24)25/h3-9,15H,2H2,1H3,(H,20,23)(H,21,22)(H,24,25). The number of carboxylic acid groups (broad SMARTS) is 1. The minimum atomic E-state index is -1.14. The predicted molar refractivity (Wildman–Crippen MR) is 103 cm³/mol. The molecule has 0 spiro atoms. The number of hydrogen-bond donors (Lipinski definition) is 3. The molecule has 3 N–H and O–H groups in total. The number of anilines is 1. The fourth-order valence-electron chi connectivity index (χ4n) is 2.43. The average molecular weight is 390 g/mol. The molecule has 0 fully saturated rings. The van der Waals surface area contributed by atoms with Crippen molar-refractivity contribution in [2.24, 2.45) is 0 Å². The maximum Gasteiger partial charge on any atom is 0.337 e. The van der Waals surface area contributed by atoms with E-state index in [0.717, 1.165) is 11.0 Å². The van der Waals surface area contributed by atoms with E-state index in [-0.39, 0.29) is 21.7 Å². The molecule has 26 heavy (non-hydrogen) atoms. The van der Waals surface area contributed by atoms with Crippen molar-refractivity contribution in [2.45, 2.75) is 23.8 Å². The number of carboxylic acids is 1. The molecule has 3 aromatic rings. The Balaban J connectivity index is 1.74. The third-order valence-corrected chi connectivity index (χ3v) is 5.33. The molecule has 2 aromatic carbocycles. The number of benzene rings is 2. The first kappa shape index (κ1) is 18.3. The molecule has 3 rings (SSSR count). The molecule has 0 saturated carbocycles. The van der Waals surface area contributed by atoms with E-state index in [1.54, 1.807) is 6.07 Å². The number of aromatic amines is 1. The highest BCUT2D eigenvalue weighted by molar-refractivity contribution is 8.00. The van der Waals surface area contributed by atoms with Gasteiger partial charge in [0.15, 0.2) is 5.16 Å². The molecular formula is C18H16ClN3O3S. The average Bonchev–Trinajstić information content (AvgIpc) is 3.03. The zero-order valence-corrected chi connectivity index (χ0v) is 15.4. The lowest BCUT2D eigenvalue weighted by Gasteiger charge is -2.14. The van der Waals surface area contributed by atoms with Crippen LogP contribution in [0.3, 0.4) is 0 Å². The number of amides is 1. The van der Waals surface area contributed by atoms with Crippen molar-refractivity contribution in [1.29, 1.82) is 0 Å². The number of thioether (sulfide) groups is 1. The number of imidazole rings is 1. The molecule has 0 radical (unpaired) electrons. The van der Waals surface area contributed by atoms with Crippen LogP contribution in [0.25, 0.3) is 11.0 Å². The lowest BCUT2D eigenvalue weighted by molar-refractivity contribution is -0.115. The first-order chi connectivity index (χ1) is 12.5. The molecule has 1 atom stereocenters. The maximum absolute atomic E-state index is 12.6. The molecule has 134 valence electrons. The number of hydrogen-bond acceptors (Lipinski definition) is 4. The predicted octanol–water partition coefficient (Wildman–Crippen LogP) is 4.42. The number of para-hydroxylation sites is 2. The molecule has 6 nitrogen and oxygen atoms in total. The van der Waals surface area contributed by atoms with Gasteiger partial charge in [0.05, 0.1) is 26.9 Å². The van der Waals surface area contributed by atoms with Crippen molar-refractivity contribution in [3.8, 4) is 0 Å². The number of rotatable bonds is 6. The summed E-state index contributed by atoms with van der Waals surface area (Å²) in [5.41, 5.74) is 2.09. The van der Waals surface area contributed by atoms with Gasteiger partial charge in [-0.2, -0.15) is 0 Å². The number of halogens is 1. The highest BCUT2D eigenvalue weighted by atomic mass is 35.5. The SMILES string of the molecule is CCC(Sc1nc2ccccc2[nH]1)C(=O)Nc1ccc(Cl)c(C(=O)O)c1. The smallest absolute Gasteiger partial charge is 0.337 e. The second-order valence-electron chi connectivity index (χ2n) is 5.56. The summed E-state index contributed by atoms with van der Waals surface area (Å²) in [6.45, 7) is 1.91. The van der Waals surface area contributed by atoms with Crippen LogP contribution in [-0.2, 0) is 4.79 Å². The molecule has 1 amide bonds. The van der Waals surface area contributed by atoms with Gasteiger partial charge in [-0.15, -0.1) is 0 Å². The Hall–Kier alpha value is -2.51. The van der Waals surface area contributed by atoms with Gasteiger partial charge < -0.3 is 15.4 Å². The largest absolute Gasteiger partial charge is 0.478 e. The molecular weight excluding hydrogens is 374 g/mol. The highest BCUT2D eigenvalue weighted by Crippen LogP contribution is 2.27. The lowest BCUT2D eigenvalue weighted by atomic mass is 10.2. The number of carbonyl (C=O) groups excluding carboxylic acids is 1. The van der Waals surface area contributed by atoms with E-state index in [1.807, 2.05) is 31.2 Å². The van der Waals surface area contributed by atoms with Crippen molar-refractivity contribution in [3.63, 3.8) is 0 Å². The summed E-state index contributed by atoms with van der Waals surface area (Å²) < 4.78 is 0. The molecule has 1 unspecified atom stereocenters. The zero-order valence-electron chi connectivity index (χ0n) is 13.8. The van der Waals surface area contributed by atoms with E-state index in [2.05, 4.69) is 15.3 Å². The Labute approximate surface area is 159 Å². The number of carbonyl (C=O) groups is 2. The number of nitrogens with zero attached hydrogens (tertiary/aromatic N) is 1. The Morgan fingerprint density at radius 2 is 2.08 bits per heavy atom. The molecule has 0 saturated heterocycles. The summed E-state index contributed by atoms with van der Waals surface area (Å²) in [5.74, 6) is -1.37. The third kappa shape index (κ3) is 4.00. The van der Waals surface area contributed by atoms with Gasteiger partial charge in [0.2, 0.25) is 5.91 Å². The Morgan fingerprint density at radius 3 is 2.77 bits per heavy atom. The molecule has 1 heterocycles. The van der Waals surface area contributed by atoms with Crippen molar-refractivity contribution in [3.05, 3.63) is 53.1 Å². The van der Waals surface area contributed by atoms with Crippen LogP contribution >= 0.6 is 23.4 Å². The van der Waals surface area contributed by atoms with E-state index < -0.39 is 5.97 Å². The summed E-state index contributed by atoms with van der Waals surface area (Å²) in [6, 6.07) is 12.0. The van der Waals surface area contributed by atoms with Gasteiger partial charge in [0, 0.05) is 5.69 Å². The summed E-state index contributed by atoms with van der Waals surface area (Å²) >= 11 is 7.19. The Kier molecular flexibility index (Phi) is 5.49. The van der Waals surface area contributed by atoms with Crippen LogP contribution in [0.1, 0.15) is 23.7 Å². The van der Waals surface area contributed by atoms with Crippen LogP contribution in [0.5, 0.6) is 0 Å². The zero-order chi connectivity index (χ0) is 18.7. The summed E-state index contributed by atoms with van der Waals surface area (Å²) in [5, 5.41) is 12.3. The summed E-state index contributed by atoms with van der Waals surface area (Å²) in [4.78, 5) is 31.4. The Bertz CT molecular complexity index is 940. The Morgan fingerprint density at radius 1 is 1.31 bits per heavy atom. The van der Waals surface area contributed by atoms with Gasteiger partial charge >= 0.3 is 5.97 Å². The molecule has 0 aliphatic carbocycles. The van der Waals surface area contributed by atoms with Crippen molar-refractivity contribution in [2.75, 3.05) is 5.32 Å². The fraction of sp³-hybridized carbons (Fsp3) is 0.167. The van der Waals surface area contributed by atoms with E-state index in [1.165, 1.54) is 23.9 Å². The maximum atomic E-state index is 12.6. The van der Waals surface area contributed by atoms with Crippen molar-refractivity contribution in [1.82, 2.24) is 9.97 Å². The lowest BCUT2D eigenvalue weighted by Crippen LogP contribution is -2.24. The van der Waals surface area contributed by atoms with Gasteiger partial charge in [-0.05, 0) is 36.8 Å². The van der Waals surface area contributed by atoms with Gasteiger partial charge in [-0.3, -0.25) is 4.79 Å². The summed E-state index contributed by atoms with van der Waals surface area (Å²) in [7, 11) is 0. The number of aromatic carboxylic acids is 1. The van der Waals surface area contributed by atoms with E-state index in [9.17, 15) is 9.59 Å². The number of nitrogens with one attached hydrogen (secondary N) is 2. The summed E-state index contributed by atoms with van der Waals surface area (Å²) in [6.07, 6.45) is 0.590. The van der Waals surface area contributed by atoms with Crippen LogP contribution in [0, 0.1) is 0 Å². The minimum absolute atomic E-state index is 0.0533. The first-order valence-electron chi connectivity index (χ1n) is 7.93. The second kappa shape index (κ2) is 7.80. The molecule has 0 bridgehead atoms. The third-order valence-electron chi connectivity index (χ3n) is 3.75. The fourth-order valence-corrected chi connectivity index (χ4v) is 3.55. The van der Waals surface area contributed by atoms with Crippen LogP contribution in [0.4, 0.5) is 5.69 Å². The quantitative estimate of drug-likeness (QED) is 0.542. The normalized spacial score (nSPS) is 12.1. The molecule has 8 heteroatoms. The topological polar surface area (TPSA) is 95.1 Å². The molecule has 1 aromatic heterocycles. The van der Waals surface area contributed by atoms with Crippen LogP contribution < -0.4 is 5.32 Å². The van der Waals surface area contributed by atoms with E-state index in [0.29, 0.717) is 17.3 Å². The van der Waals surface area contributed by atoms with Gasteiger partial charge in [0.25, 0.3) is 0 Å². The van der Waals surface area contributed by atoms with E-state index in [4.69, 9.17) is 16.7 Å². The van der Waals surface area contributed by atoms with Crippen molar-refractivity contribution >= 4 is 52.0 Å². The van der Waals surface area contributed by atoms with Gasteiger partial charge in [-0.25, -0.2) is 9.78 Å². The monoisotopic (exact) mass is 389 g/mol. The molecule has 0 aliphatic heterocycles. The molecule has 0 aliphatic rings. The number of fused-ring (bicyclic) bond motifs is 1. The van der Waals surface area contributed by atoms with E-state index >= 15 is 0 Å². The van der Waals surface area contributed by atoms with Crippen molar-refractivity contribution < 1.29 is 14.7 Å². The first-order valence-corrected chi connectivity index (χ1v) is 9.18.